The summed E-state index contributed by atoms with van der Waals surface area (Å²) in [6.45, 7) is 6.03. The molecular formula is C10H18O2. The van der Waals surface area contributed by atoms with Gasteiger partial charge in [0.1, 0.15) is 0 Å². The number of allylic oxidation sites excluding steroid dienone is 1. The molecule has 0 spiro atoms. The summed E-state index contributed by atoms with van der Waals surface area (Å²) in [5.74, 6) is 0. The summed E-state index contributed by atoms with van der Waals surface area (Å²) in [7, 11) is 0. The molecule has 0 aromatic rings. The summed E-state index contributed by atoms with van der Waals surface area (Å²) < 4.78 is 5.53. The van der Waals surface area contributed by atoms with Crippen LogP contribution in [0.2, 0.25) is 0 Å². The van der Waals surface area contributed by atoms with Crippen LogP contribution in [0.1, 0.15) is 33.6 Å². The lowest BCUT2D eigenvalue weighted by molar-refractivity contribution is -0.00915. The lowest BCUT2D eigenvalue weighted by Gasteiger charge is -2.15. The molecule has 1 fully saturated rings. The van der Waals surface area contributed by atoms with Gasteiger partial charge < -0.3 is 9.84 Å². The van der Waals surface area contributed by atoms with Crippen molar-refractivity contribution in [2.75, 3.05) is 0 Å². The average molecular weight is 170 g/mol. The van der Waals surface area contributed by atoms with E-state index in [0.29, 0.717) is 6.10 Å². The Bertz CT molecular complexity index is 171. The fourth-order valence-corrected chi connectivity index (χ4v) is 1.53. The van der Waals surface area contributed by atoms with Crippen molar-refractivity contribution < 1.29 is 9.84 Å². The van der Waals surface area contributed by atoms with E-state index in [1.54, 1.807) is 0 Å². The van der Waals surface area contributed by atoms with Crippen LogP contribution < -0.4 is 0 Å². The minimum absolute atomic E-state index is 0.0231. The Kier molecular flexibility index (Phi) is 3.29. The zero-order valence-electron chi connectivity index (χ0n) is 8.08. The highest BCUT2D eigenvalue weighted by Crippen LogP contribution is 2.22. The highest BCUT2D eigenvalue weighted by molar-refractivity contribution is 5.01. The third-order valence-corrected chi connectivity index (χ3v) is 2.15. The summed E-state index contributed by atoms with van der Waals surface area (Å²) in [6.07, 6.45) is 3.83. The molecule has 2 heteroatoms. The van der Waals surface area contributed by atoms with Crippen molar-refractivity contribution in [3.05, 3.63) is 11.6 Å². The van der Waals surface area contributed by atoms with Crippen LogP contribution >= 0.6 is 0 Å². The van der Waals surface area contributed by atoms with Crippen molar-refractivity contribution in [3.63, 3.8) is 0 Å². The fraction of sp³-hybridized carbons (Fsp3) is 0.800. The molecule has 70 valence electrons. The normalized spacial score (nSPS) is 31.7. The molecule has 12 heavy (non-hydrogen) atoms. The van der Waals surface area contributed by atoms with Crippen molar-refractivity contribution in [1.29, 1.82) is 0 Å². The summed E-state index contributed by atoms with van der Waals surface area (Å²) in [4.78, 5) is 0. The second kappa shape index (κ2) is 4.06. The summed E-state index contributed by atoms with van der Waals surface area (Å²) in [5.41, 5.74) is 1.14. The molecule has 1 aliphatic rings. The smallest absolute Gasteiger partial charge is 0.0985 e. The van der Waals surface area contributed by atoms with Crippen LogP contribution in [0.3, 0.4) is 0 Å². The van der Waals surface area contributed by atoms with Gasteiger partial charge in [-0.25, -0.2) is 0 Å². The van der Waals surface area contributed by atoms with Crippen molar-refractivity contribution in [3.8, 4) is 0 Å². The van der Waals surface area contributed by atoms with Crippen LogP contribution in [0.25, 0.3) is 0 Å². The first-order valence-electron chi connectivity index (χ1n) is 4.58. The van der Waals surface area contributed by atoms with Gasteiger partial charge in [-0.1, -0.05) is 11.6 Å². The molecule has 1 rings (SSSR count). The molecule has 1 aliphatic heterocycles. The number of aliphatic hydroxyl groups excluding tert-OH is 1. The maximum absolute atomic E-state index is 9.64. The van der Waals surface area contributed by atoms with Gasteiger partial charge in [-0.3, -0.25) is 0 Å². The van der Waals surface area contributed by atoms with Gasteiger partial charge in [0.15, 0.2) is 0 Å². The highest BCUT2D eigenvalue weighted by Gasteiger charge is 2.26. The molecule has 1 N–H and O–H groups in total. The molecular weight excluding hydrogens is 152 g/mol. The van der Waals surface area contributed by atoms with E-state index in [4.69, 9.17) is 4.74 Å². The summed E-state index contributed by atoms with van der Waals surface area (Å²) in [5, 5.41) is 9.64. The predicted octanol–water partition coefficient (Wildman–Crippen LogP) is 1.88. The van der Waals surface area contributed by atoms with Crippen molar-refractivity contribution in [1.82, 2.24) is 0 Å². The zero-order chi connectivity index (χ0) is 9.14. The second-order valence-electron chi connectivity index (χ2n) is 3.80. The first-order chi connectivity index (χ1) is 5.59. The third kappa shape index (κ3) is 2.61. The maximum Gasteiger partial charge on any atom is 0.0985 e. The van der Waals surface area contributed by atoms with E-state index in [2.05, 4.69) is 6.92 Å². The van der Waals surface area contributed by atoms with Crippen LogP contribution in [0.15, 0.2) is 11.6 Å². The van der Waals surface area contributed by atoms with E-state index in [1.807, 2.05) is 19.9 Å². The monoisotopic (exact) mass is 170 g/mol. The van der Waals surface area contributed by atoms with Crippen molar-refractivity contribution >= 4 is 0 Å². The van der Waals surface area contributed by atoms with Gasteiger partial charge in [-0.15, -0.1) is 0 Å². The molecule has 0 aromatic heterocycles. The molecule has 0 radical (unpaired) electrons. The molecule has 0 saturated carbocycles. The van der Waals surface area contributed by atoms with Crippen molar-refractivity contribution in [2.24, 2.45) is 0 Å². The van der Waals surface area contributed by atoms with Crippen LogP contribution in [0, 0.1) is 0 Å². The number of rotatable bonds is 2. The molecule has 0 aromatic carbocycles. The standard InChI is InChI=1S/C10H18O2/c1-7(2)6-9(11)10-5-4-8(3)12-10/h6,8-11H,4-5H2,1-3H3. The first kappa shape index (κ1) is 9.75. The third-order valence-electron chi connectivity index (χ3n) is 2.15. The van der Waals surface area contributed by atoms with Gasteiger partial charge >= 0.3 is 0 Å². The second-order valence-corrected chi connectivity index (χ2v) is 3.80. The Balaban J connectivity index is 2.43. The van der Waals surface area contributed by atoms with Gasteiger partial charge in [0.05, 0.1) is 18.3 Å². The van der Waals surface area contributed by atoms with E-state index in [1.165, 1.54) is 0 Å². The minimum Gasteiger partial charge on any atom is -0.386 e. The summed E-state index contributed by atoms with van der Waals surface area (Å²) >= 11 is 0. The molecule has 1 saturated heterocycles. The maximum atomic E-state index is 9.64. The van der Waals surface area contributed by atoms with E-state index >= 15 is 0 Å². The molecule has 0 amide bonds. The van der Waals surface area contributed by atoms with Gasteiger partial charge in [0, 0.05) is 0 Å². The Hall–Kier alpha value is -0.340. The molecule has 0 aliphatic carbocycles. The van der Waals surface area contributed by atoms with E-state index in [-0.39, 0.29) is 6.10 Å². The van der Waals surface area contributed by atoms with E-state index in [9.17, 15) is 5.11 Å². The largest absolute Gasteiger partial charge is 0.386 e. The predicted molar refractivity (Wildman–Crippen MR) is 49.0 cm³/mol. The Morgan fingerprint density at radius 3 is 2.58 bits per heavy atom. The number of aliphatic hydroxyl groups is 1. The van der Waals surface area contributed by atoms with Gasteiger partial charge in [-0.05, 0) is 33.6 Å². The molecule has 3 atom stereocenters. The Morgan fingerprint density at radius 2 is 2.17 bits per heavy atom. The van der Waals surface area contributed by atoms with Gasteiger partial charge in [0.25, 0.3) is 0 Å². The number of hydrogen-bond acceptors (Lipinski definition) is 2. The minimum atomic E-state index is -0.417. The molecule has 1 heterocycles. The first-order valence-corrected chi connectivity index (χ1v) is 4.58. The van der Waals surface area contributed by atoms with Crippen LogP contribution in [0.5, 0.6) is 0 Å². The SMILES string of the molecule is CC(C)=CC(O)C1CCC(C)O1. The van der Waals surface area contributed by atoms with Crippen LogP contribution in [-0.2, 0) is 4.74 Å². The Morgan fingerprint density at radius 1 is 1.50 bits per heavy atom. The number of hydrogen-bond donors (Lipinski definition) is 1. The molecule has 0 bridgehead atoms. The lowest BCUT2D eigenvalue weighted by atomic mass is 10.1. The van der Waals surface area contributed by atoms with Gasteiger partial charge in [-0.2, -0.15) is 0 Å². The molecule has 2 nitrogen and oxygen atoms in total. The van der Waals surface area contributed by atoms with E-state index < -0.39 is 6.10 Å². The van der Waals surface area contributed by atoms with E-state index in [0.717, 1.165) is 18.4 Å². The zero-order valence-corrected chi connectivity index (χ0v) is 8.08. The average Bonchev–Trinajstić information content (AvgIpc) is 2.34. The topological polar surface area (TPSA) is 29.5 Å². The van der Waals surface area contributed by atoms with Crippen LogP contribution in [0.4, 0.5) is 0 Å². The van der Waals surface area contributed by atoms with Gasteiger partial charge in [0.2, 0.25) is 0 Å². The number of ether oxygens (including phenoxy) is 1. The highest BCUT2D eigenvalue weighted by atomic mass is 16.5. The van der Waals surface area contributed by atoms with Crippen LogP contribution in [-0.4, -0.2) is 23.4 Å². The molecule has 3 unspecified atom stereocenters. The quantitative estimate of drug-likeness (QED) is 0.641. The fourth-order valence-electron chi connectivity index (χ4n) is 1.53. The Labute approximate surface area is 74.2 Å². The van der Waals surface area contributed by atoms with Crippen molar-refractivity contribution in [2.45, 2.75) is 51.9 Å². The summed E-state index contributed by atoms with van der Waals surface area (Å²) in [6, 6.07) is 0. The lowest BCUT2D eigenvalue weighted by Crippen LogP contribution is -2.24.